The molecule has 0 radical (unpaired) electrons. The number of nitrogens with one attached hydrogen (secondary N) is 1. The number of benzene rings is 1. The van der Waals surface area contributed by atoms with Gasteiger partial charge < -0.3 is 20.1 Å². The molecular formula is C16H24NO6P. The number of aliphatic carboxylic acids is 1. The van der Waals surface area contributed by atoms with Crippen LogP contribution in [0.1, 0.15) is 25.8 Å². The molecule has 0 aliphatic rings. The lowest BCUT2D eigenvalue weighted by molar-refractivity contribution is -0.143. The Bertz CT molecular complexity index is 563. The van der Waals surface area contributed by atoms with Crippen LogP contribution in [0.3, 0.4) is 0 Å². The van der Waals surface area contributed by atoms with E-state index in [9.17, 15) is 19.3 Å². The lowest BCUT2D eigenvalue weighted by Crippen LogP contribution is -2.47. The summed E-state index contributed by atoms with van der Waals surface area (Å²) in [5.41, 5.74) is 0.779. The maximum atomic E-state index is 12.4. The molecular weight excluding hydrogens is 333 g/mol. The van der Waals surface area contributed by atoms with Gasteiger partial charge in [-0.15, -0.1) is 0 Å². The predicted octanol–water partition coefficient (Wildman–Crippen LogP) is 1.65. The molecule has 0 aliphatic heterocycles. The third kappa shape index (κ3) is 7.25. The Labute approximate surface area is 141 Å². The molecule has 3 atom stereocenters. The molecule has 134 valence electrons. The number of aliphatic hydroxyl groups excluding tert-OH is 1. The first-order valence-corrected chi connectivity index (χ1v) is 9.23. The molecule has 0 saturated carbocycles. The normalized spacial score (nSPS) is 14.8. The fraction of sp³-hybridized carbons (Fsp3) is 0.500. The van der Waals surface area contributed by atoms with Crippen molar-refractivity contribution in [1.29, 1.82) is 0 Å². The number of carbonyl (C=O) groups is 2. The maximum Gasteiger partial charge on any atom is 0.326 e. The first-order valence-electron chi connectivity index (χ1n) is 7.71. The monoisotopic (exact) mass is 357 g/mol. The van der Waals surface area contributed by atoms with E-state index in [2.05, 4.69) is 5.32 Å². The third-order valence-corrected chi connectivity index (χ3v) is 4.09. The first-order chi connectivity index (χ1) is 11.3. The molecule has 0 aromatic heterocycles. The molecule has 0 bridgehead atoms. The zero-order chi connectivity index (χ0) is 18.1. The average molecular weight is 357 g/mol. The summed E-state index contributed by atoms with van der Waals surface area (Å²) in [4.78, 5) is 23.7. The fourth-order valence-corrected chi connectivity index (χ4v) is 2.75. The van der Waals surface area contributed by atoms with Crippen molar-refractivity contribution in [1.82, 2.24) is 5.32 Å². The van der Waals surface area contributed by atoms with Crippen molar-refractivity contribution in [3.05, 3.63) is 35.9 Å². The van der Waals surface area contributed by atoms with Gasteiger partial charge in [-0.1, -0.05) is 44.2 Å². The van der Waals surface area contributed by atoms with E-state index in [1.165, 1.54) is 0 Å². The van der Waals surface area contributed by atoms with Gasteiger partial charge in [-0.25, -0.2) is 4.79 Å². The highest BCUT2D eigenvalue weighted by Gasteiger charge is 2.27. The Hall–Kier alpha value is -1.69. The average Bonchev–Trinajstić information content (AvgIpc) is 2.53. The number of carboxylic acid groups (broad SMARTS) is 1. The Morgan fingerprint density at radius 2 is 1.88 bits per heavy atom. The highest BCUT2D eigenvalue weighted by Crippen LogP contribution is 2.24. The number of hydrogen-bond donors (Lipinski definition) is 3. The van der Waals surface area contributed by atoms with Crippen LogP contribution in [0, 0.1) is 5.92 Å². The number of aliphatic hydroxyl groups is 1. The van der Waals surface area contributed by atoms with E-state index in [1.54, 1.807) is 24.3 Å². The zero-order valence-electron chi connectivity index (χ0n) is 13.8. The second-order valence-electron chi connectivity index (χ2n) is 5.86. The largest absolute Gasteiger partial charge is 0.480 e. The van der Waals surface area contributed by atoms with Crippen molar-refractivity contribution in [3.8, 4) is 0 Å². The van der Waals surface area contributed by atoms with Crippen LogP contribution in [0.2, 0.25) is 0 Å². The molecule has 1 aromatic carbocycles. The standard InChI is InChI=1S/C16H24NO6P/c1-11(2)8-13(16(20)21)17-15(19)14(23-24(22)10-18)9-12-6-4-3-5-7-12/h3-7,11,13-14,18,24H,8-10H2,1-2H3,(H,17,19)(H,20,21)/t13-,14-/m0/s1. The number of amides is 1. The molecule has 8 heteroatoms. The van der Waals surface area contributed by atoms with Gasteiger partial charge >= 0.3 is 5.97 Å². The Morgan fingerprint density at radius 1 is 1.25 bits per heavy atom. The smallest absolute Gasteiger partial charge is 0.326 e. The molecule has 0 saturated heterocycles. The molecule has 0 heterocycles. The van der Waals surface area contributed by atoms with Crippen LogP contribution in [0.15, 0.2) is 30.3 Å². The fourth-order valence-electron chi connectivity index (χ4n) is 2.17. The second kappa shape index (κ2) is 10.2. The van der Waals surface area contributed by atoms with Crippen molar-refractivity contribution >= 4 is 19.9 Å². The van der Waals surface area contributed by atoms with Crippen molar-refractivity contribution in [3.63, 3.8) is 0 Å². The second-order valence-corrected chi connectivity index (χ2v) is 7.15. The van der Waals surface area contributed by atoms with E-state index < -0.39 is 38.4 Å². The number of carbonyl (C=O) groups excluding carboxylic acids is 1. The molecule has 0 aliphatic carbocycles. The molecule has 1 unspecified atom stereocenters. The van der Waals surface area contributed by atoms with Gasteiger partial charge in [0.1, 0.15) is 18.5 Å². The van der Waals surface area contributed by atoms with Crippen molar-refractivity contribution in [2.75, 3.05) is 6.35 Å². The van der Waals surface area contributed by atoms with Crippen molar-refractivity contribution in [2.24, 2.45) is 5.92 Å². The van der Waals surface area contributed by atoms with Gasteiger partial charge in [0.15, 0.2) is 0 Å². The third-order valence-electron chi connectivity index (χ3n) is 3.28. The van der Waals surface area contributed by atoms with Crippen LogP contribution in [-0.4, -0.2) is 40.6 Å². The number of hydrogen-bond acceptors (Lipinski definition) is 5. The topological polar surface area (TPSA) is 113 Å². The van der Waals surface area contributed by atoms with Gasteiger partial charge in [0.2, 0.25) is 8.03 Å². The molecule has 1 amide bonds. The molecule has 3 N–H and O–H groups in total. The summed E-state index contributed by atoms with van der Waals surface area (Å²) in [6.45, 7) is 3.70. The maximum absolute atomic E-state index is 12.4. The lowest BCUT2D eigenvalue weighted by Gasteiger charge is -2.21. The first kappa shape index (κ1) is 20.4. The van der Waals surface area contributed by atoms with Crippen LogP contribution in [0.25, 0.3) is 0 Å². The van der Waals surface area contributed by atoms with E-state index in [-0.39, 0.29) is 18.8 Å². The van der Waals surface area contributed by atoms with Gasteiger partial charge in [0, 0.05) is 6.42 Å². The Morgan fingerprint density at radius 3 is 2.38 bits per heavy atom. The Kier molecular flexibility index (Phi) is 8.68. The molecule has 1 aromatic rings. The highest BCUT2D eigenvalue weighted by atomic mass is 31.1. The minimum absolute atomic E-state index is 0.0801. The van der Waals surface area contributed by atoms with Crippen molar-refractivity contribution in [2.45, 2.75) is 38.8 Å². The minimum Gasteiger partial charge on any atom is -0.480 e. The van der Waals surface area contributed by atoms with Crippen LogP contribution >= 0.6 is 8.03 Å². The molecule has 0 fully saturated rings. The molecule has 7 nitrogen and oxygen atoms in total. The van der Waals surface area contributed by atoms with E-state index in [4.69, 9.17) is 9.63 Å². The summed E-state index contributed by atoms with van der Waals surface area (Å²) in [6, 6.07) is 7.91. The number of rotatable bonds is 10. The van der Waals surface area contributed by atoms with Crippen LogP contribution in [0.5, 0.6) is 0 Å². The summed E-state index contributed by atoms with van der Waals surface area (Å²) >= 11 is 0. The molecule has 1 rings (SSSR count). The highest BCUT2D eigenvalue weighted by molar-refractivity contribution is 7.38. The zero-order valence-corrected chi connectivity index (χ0v) is 14.8. The summed E-state index contributed by atoms with van der Waals surface area (Å²) in [6.07, 6.45) is -1.39. The van der Waals surface area contributed by atoms with Crippen LogP contribution in [-0.2, 0) is 25.1 Å². The SMILES string of the molecule is CC(C)C[C@H](NC(=O)[C@H](Cc1ccccc1)O[PH](=O)CO)C(=O)O. The Balaban J connectivity index is 2.85. The minimum atomic E-state index is -2.77. The lowest BCUT2D eigenvalue weighted by atomic mass is 10.0. The van der Waals surface area contributed by atoms with Crippen LogP contribution in [0.4, 0.5) is 0 Å². The van der Waals surface area contributed by atoms with E-state index >= 15 is 0 Å². The summed E-state index contributed by atoms with van der Waals surface area (Å²) in [5.74, 6) is -1.71. The van der Waals surface area contributed by atoms with Gasteiger partial charge in [0.05, 0.1) is 0 Å². The predicted molar refractivity (Wildman–Crippen MR) is 90.1 cm³/mol. The quantitative estimate of drug-likeness (QED) is 0.549. The van der Waals surface area contributed by atoms with E-state index in [0.717, 1.165) is 5.56 Å². The molecule has 24 heavy (non-hydrogen) atoms. The van der Waals surface area contributed by atoms with Crippen molar-refractivity contribution < 1.29 is 28.9 Å². The van der Waals surface area contributed by atoms with Gasteiger partial charge in [-0.05, 0) is 17.9 Å². The number of carboxylic acids is 1. The summed E-state index contributed by atoms with van der Waals surface area (Å²) in [7, 11) is -2.77. The molecule has 0 spiro atoms. The van der Waals surface area contributed by atoms with E-state index in [1.807, 2.05) is 19.9 Å². The van der Waals surface area contributed by atoms with Gasteiger partial charge in [-0.2, -0.15) is 0 Å². The van der Waals surface area contributed by atoms with Crippen LogP contribution < -0.4 is 5.32 Å². The van der Waals surface area contributed by atoms with Gasteiger partial charge in [-0.3, -0.25) is 9.36 Å². The summed E-state index contributed by atoms with van der Waals surface area (Å²) < 4.78 is 16.7. The summed E-state index contributed by atoms with van der Waals surface area (Å²) in [5, 5.41) is 20.6. The van der Waals surface area contributed by atoms with E-state index in [0.29, 0.717) is 0 Å². The van der Waals surface area contributed by atoms with Gasteiger partial charge in [0.25, 0.3) is 5.91 Å².